The Hall–Kier alpha value is -0.540. The van der Waals surface area contributed by atoms with Crippen LogP contribution in [0.25, 0.3) is 0 Å². The lowest BCUT2D eigenvalue weighted by Crippen LogP contribution is -2.05. The second-order valence-corrected chi connectivity index (χ2v) is 5.24. The molecule has 1 atom stereocenters. The summed E-state index contributed by atoms with van der Waals surface area (Å²) in [6.07, 6.45) is 3.11. The van der Waals surface area contributed by atoms with Gasteiger partial charge < -0.3 is 5.11 Å². The van der Waals surface area contributed by atoms with Gasteiger partial charge >= 0.3 is 0 Å². The van der Waals surface area contributed by atoms with Crippen LogP contribution < -0.4 is 0 Å². The normalized spacial score (nSPS) is 13.2. The first-order valence-corrected chi connectivity index (χ1v) is 5.86. The van der Waals surface area contributed by atoms with Gasteiger partial charge in [0, 0.05) is 23.7 Å². The highest BCUT2D eigenvalue weighted by molar-refractivity contribution is 7.99. The zero-order valence-electron chi connectivity index (χ0n) is 8.90. The van der Waals surface area contributed by atoms with Gasteiger partial charge in [0.1, 0.15) is 0 Å². The van der Waals surface area contributed by atoms with E-state index in [2.05, 4.69) is 18.8 Å². The molecule has 0 bridgehead atoms. The van der Waals surface area contributed by atoms with E-state index in [1.165, 1.54) is 0 Å². The summed E-state index contributed by atoms with van der Waals surface area (Å²) in [6, 6.07) is 1.93. The summed E-state index contributed by atoms with van der Waals surface area (Å²) in [7, 11) is 0. The van der Waals surface area contributed by atoms with Crippen LogP contribution in [0.4, 0.5) is 0 Å². The molecule has 1 aromatic heterocycles. The van der Waals surface area contributed by atoms with Crippen molar-refractivity contribution >= 4 is 11.8 Å². The minimum absolute atomic E-state index is 0.393. The third-order valence-electron chi connectivity index (χ3n) is 2.03. The maximum Gasteiger partial charge on any atom is 0.0897 e. The number of hydrogen-bond donors (Lipinski definition) is 1. The summed E-state index contributed by atoms with van der Waals surface area (Å²) < 4.78 is 0. The van der Waals surface area contributed by atoms with Gasteiger partial charge in [0.05, 0.1) is 6.10 Å². The van der Waals surface area contributed by atoms with Crippen molar-refractivity contribution in [2.45, 2.75) is 32.1 Å². The van der Waals surface area contributed by atoms with Gasteiger partial charge in [-0.1, -0.05) is 13.8 Å². The molecule has 0 saturated carbocycles. The van der Waals surface area contributed by atoms with Crippen LogP contribution in [-0.4, -0.2) is 21.1 Å². The molecular formula is C11H17NOS. The molecule has 0 spiro atoms. The standard InChI is InChI=1S/C11H17NOS/c1-8(2)14-7-11(13)10-6-12-5-4-9(10)3/h4-6,8,11,13H,7H2,1-3H3. The van der Waals surface area contributed by atoms with Crippen molar-refractivity contribution in [2.24, 2.45) is 0 Å². The topological polar surface area (TPSA) is 33.1 Å². The number of pyridine rings is 1. The fourth-order valence-corrected chi connectivity index (χ4v) is 1.95. The Labute approximate surface area is 89.8 Å². The lowest BCUT2D eigenvalue weighted by molar-refractivity contribution is 0.203. The number of hydrogen-bond acceptors (Lipinski definition) is 3. The lowest BCUT2D eigenvalue weighted by atomic mass is 10.1. The number of aryl methyl sites for hydroxylation is 1. The minimum Gasteiger partial charge on any atom is -0.387 e. The number of aliphatic hydroxyl groups is 1. The molecule has 14 heavy (non-hydrogen) atoms. The van der Waals surface area contributed by atoms with Crippen LogP contribution in [0.5, 0.6) is 0 Å². The van der Waals surface area contributed by atoms with Crippen molar-refractivity contribution in [3.63, 3.8) is 0 Å². The Bertz CT molecular complexity index is 288. The molecule has 3 heteroatoms. The van der Waals surface area contributed by atoms with Crippen molar-refractivity contribution < 1.29 is 5.11 Å². The SMILES string of the molecule is Cc1ccncc1C(O)CSC(C)C. The summed E-state index contributed by atoms with van der Waals surface area (Å²) in [5, 5.41) is 10.4. The summed E-state index contributed by atoms with van der Waals surface area (Å²) >= 11 is 1.77. The van der Waals surface area contributed by atoms with Crippen LogP contribution in [0, 0.1) is 6.92 Å². The largest absolute Gasteiger partial charge is 0.387 e. The fraction of sp³-hybridized carbons (Fsp3) is 0.545. The molecule has 1 N–H and O–H groups in total. The molecule has 0 aliphatic carbocycles. The molecule has 1 aromatic rings. The average Bonchev–Trinajstić information content (AvgIpc) is 2.15. The average molecular weight is 211 g/mol. The second kappa shape index (κ2) is 5.37. The summed E-state index contributed by atoms with van der Waals surface area (Å²) in [5.41, 5.74) is 2.05. The second-order valence-electron chi connectivity index (χ2n) is 3.63. The van der Waals surface area contributed by atoms with E-state index in [1.807, 2.05) is 13.0 Å². The van der Waals surface area contributed by atoms with Gasteiger partial charge in [0.2, 0.25) is 0 Å². The molecule has 1 heterocycles. The highest BCUT2D eigenvalue weighted by Crippen LogP contribution is 2.22. The first kappa shape index (κ1) is 11.5. The van der Waals surface area contributed by atoms with Crippen LogP contribution in [0.3, 0.4) is 0 Å². The van der Waals surface area contributed by atoms with Crippen molar-refractivity contribution in [2.75, 3.05) is 5.75 Å². The van der Waals surface area contributed by atoms with Crippen LogP contribution in [0.1, 0.15) is 31.1 Å². The van der Waals surface area contributed by atoms with Crippen LogP contribution in [0.15, 0.2) is 18.5 Å². The van der Waals surface area contributed by atoms with E-state index >= 15 is 0 Å². The Balaban J connectivity index is 2.60. The van der Waals surface area contributed by atoms with Gasteiger partial charge in [-0.2, -0.15) is 11.8 Å². The smallest absolute Gasteiger partial charge is 0.0897 e. The predicted octanol–water partition coefficient (Wildman–Crippen LogP) is 2.57. The Morgan fingerprint density at radius 2 is 2.21 bits per heavy atom. The van der Waals surface area contributed by atoms with E-state index in [9.17, 15) is 5.11 Å². The van der Waals surface area contributed by atoms with Gasteiger partial charge in [-0.25, -0.2) is 0 Å². The molecule has 0 aromatic carbocycles. The van der Waals surface area contributed by atoms with Crippen LogP contribution >= 0.6 is 11.8 Å². The number of rotatable bonds is 4. The summed E-state index contributed by atoms with van der Waals surface area (Å²) in [5.74, 6) is 0.740. The monoisotopic (exact) mass is 211 g/mol. The molecule has 0 aliphatic heterocycles. The third kappa shape index (κ3) is 3.31. The first-order valence-electron chi connectivity index (χ1n) is 4.81. The van der Waals surface area contributed by atoms with E-state index in [0.717, 1.165) is 16.9 Å². The Morgan fingerprint density at radius 1 is 1.50 bits per heavy atom. The number of thioether (sulfide) groups is 1. The lowest BCUT2D eigenvalue weighted by Gasteiger charge is -2.13. The van der Waals surface area contributed by atoms with Crippen molar-refractivity contribution in [1.29, 1.82) is 0 Å². The van der Waals surface area contributed by atoms with Gasteiger partial charge in [0.25, 0.3) is 0 Å². The zero-order valence-corrected chi connectivity index (χ0v) is 9.71. The Kier molecular flexibility index (Phi) is 4.42. The predicted molar refractivity (Wildman–Crippen MR) is 61.5 cm³/mol. The zero-order chi connectivity index (χ0) is 10.6. The van der Waals surface area contributed by atoms with E-state index < -0.39 is 6.10 Å². The summed E-state index contributed by atoms with van der Waals surface area (Å²) in [6.45, 7) is 6.27. The molecule has 0 aliphatic rings. The molecule has 0 saturated heterocycles. The highest BCUT2D eigenvalue weighted by Gasteiger charge is 2.10. The molecule has 0 fully saturated rings. The van der Waals surface area contributed by atoms with E-state index in [-0.39, 0.29) is 0 Å². The first-order chi connectivity index (χ1) is 6.61. The molecule has 0 amide bonds. The van der Waals surface area contributed by atoms with Gasteiger partial charge in [0.15, 0.2) is 0 Å². The number of aliphatic hydroxyl groups excluding tert-OH is 1. The fourth-order valence-electron chi connectivity index (χ4n) is 1.20. The van der Waals surface area contributed by atoms with E-state index in [1.54, 1.807) is 24.2 Å². The minimum atomic E-state index is -0.393. The van der Waals surface area contributed by atoms with Crippen molar-refractivity contribution in [3.8, 4) is 0 Å². The van der Waals surface area contributed by atoms with E-state index in [0.29, 0.717) is 5.25 Å². The molecular weight excluding hydrogens is 194 g/mol. The molecule has 1 rings (SSSR count). The van der Waals surface area contributed by atoms with Gasteiger partial charge in [-0.15, -0.1) is 0 Å². The molecule has 0 radical (unpaired) electrons. The van der Waals surface area contributed by atoms with Crippen LogP contribution in [-0.2, 0) is 0 Å². The van der Waals surface area contributed by atoms with E-state index in [4.69, 9.17) is 0 Å². The van der Waals surface area contributed by atoms with Crippen LogP contribution in [0.2, 0.25) is 0 Å². The quantitative estimate of drug-likeness (QED) is 0.831. The molecule has 78 valence electrons. The third-order valence-corrected chi connectivity index (χ3v) is 3.20. The molecule has 1 unspecified atom stereocenters. The highest BCUT2D eigenvalue weighted by atomic mass is 32.2. The Morgan fingerprint density at radius 3 is 2.79 bits per heavy atom. The van der Waals surface area contributed by atoms with Crippen molar-refractivity contribution in [3.05, 3.63) is 29.6 Å². The van der Waals surface area contributed by atoms with Crippen molar-refractivity contribution in [1.82, 2.24) is 4.98 Å². The summed E-state index contributed by atoms with van der Waals surface area (Å²) in [4.78, 5) is 4.02. The molecule has 2 nitrogen and oxygen atoms in total. The number of aromatic nitrogens is 1. The maximum atomic E-state index is 9.89. The van der Waals surface area contributed by atoms with Gasteiger partial charge in [-0.3, -0.25) is 4.98 Å². The maximum absolute atomic E-state index is 9.89. The number of nitrogens with zero attached hydrogens (tertiary/aromatic N) is 1. The van der Waals surface area contributed by atoms with Gasteiger partial charge in [-0.05, 0) is 23.8 Å².